The summed E-state index contributed by atoms with van der Waals surface area (Å²) < 4.78 is 2.15. The van der Waals surface area contributed by atoms with Gasteiger partial charge in [-0.2, -0.15) is 0 Å². The Labute approximate surface area is 233 Å². The molecule has 1 fully saturated rings. The van der Waals surface area contributed by atoms with E-state index in [1.165, 1.54) is 5.56 Å². The third-order valence-corrected chi connectivity index (χ3v) is 7.86. The minimum Gasteiger partial charge on any atom is -0.507 e. The van der Waals surface area contributed by atoms with Gasteiger partial charge in [-0.1, -0.05) is 85.2 Å². The Balaban J connectivity index is 1.62. The Morgan fingerprint density at radius 2 is 1.67 bits per heavy atom. The van der Waals surface area contributed by atoms with Crippen LogP contribution in [0.15, 0.2) is 55.0 Å². The van der Waals surface area contributed by atoms with Gasteiger partial charge in [-0.25, -0.2) is 4.98 Å². The fourth-order valence-corrected chi connectivity index (χ4v) is 5.77. The van der Waals surface area contributed by atoms with E-state index in [2.05, 4.69) is 70.1 Å². The molecule has 0 saturated carbocycles. The number of carbonyl (C=O) groups excluding carboxylic acids is 1. The number of aromatic hydroxyl groups is 1. The van der Waals surface area contributed by atoms with E-state index in [0.717, 1.165) is 29.7 Å². The molecule has 2 atom stereocenters. The summed E-state index contributed by atoms with van der Waals surface area (Å²) in [6.45, 7) is 16.0. The molecular weight excluding hydrogens is 484 g/mol. The predicted octanol–water partition coefficient (Wildman–Crippen LogP) is 6.91. The Hall–Kier alpha value is -3.41. The van der Waals surface area contributed by atoms with Crippen LogP contribution in [0.25, 0.3) is 0 Å². The van der Waals surface area contributed by atoms with Crippen LogP contribution in [0.2, 0.25) is 0 Å². The number of rotatable bonds is 8. The molecule has 1 aliphatic rings. The van der Waals surface area contributed by atoms with Crippen LogP contribution in [0.4, 0.5) is 0 Å². The number of carbonyl (C=O) groups is 1. The molecule has 0 unspecified atom stereocenters. The maximum Gasteiger partial charge on any atom is 0.182 e. The molecule has 39 heavy (non-hydrogen) atoms. The lowest BCUT2D eigenvalue weighted by Gasteiger charge is -2.28. The fourth-order valence-electron chi connectivity index (χ4n) is 5.77. The summed E-state index contributed by atoms with van der Waals surface area (Å²) in [5.74, 6) is 0.887. The Bertz CT molecular complexity index is 1290. The van der Waals surface area contributed by atoms with Crippen molar-refractivity contribution >= 4 is 11.6 Å². The predicted molar refractivity (Wildman–Crippen MR) is 158 cm³/mol. The zero-order valence-corrected chi connectivity index (χ0v) is 24.6. The highest BCUT2D eigenvalue weighted by molar-refractivity contribution is 6.01. The van der Waals surface area contributed by atoms with Gasteiger partial charge in [0.1, 0.15) is 11.6 Å². The summed E-state index contributed by atoms with van der Waals surface area (Å²) in [6.07, 6.45) is 5.74. The van der Waals surface area contributed by atoms with Crippen molar-refractivity contribution in [2.75, 3.05) is 13.1 Å². The summed E-state index contributed by atoms with van der Waals surface area (Å²) in [5, 5.41) is 20.3. The third-order valence-electron chi connectivity index (χ3n) is 7.86. The van der Waals surface area contributed by atoms with E-state index in [9.17, 15) is 15.3 Å². The van der Waals surface area contributed by atoms with Gasteiger partial charge >= 0.3 is 0 Å². The first-order valence-electron chi connectivity index (χ1n) is 14.1. The van der Waals surface area contributed by atoms with Crippen molar-refractivity contribution in [2.24, 2.45) is 5.92 Å². The van der Waals surface area contributed by atoms with E-state index in [-0.39, 0.29) is 40.7 Å². The van der Waals surface area contributed by atoms with E-state index in [0.29, 0.717) is 24.5 Å². The van der Waals surface area contributed by atoms with Gasteiger partial charge in [-0.15, -0.1) is 0 Å². The zero-order chi connectivity index (χ0) is 28.5. The highest BCUT2D eigenvalue weighted by Gasteiger charge is 2.40. The molecule has 1 saturated heterocycles. The standard InChI is InChI=1S/C33H44N4O2/c1-8-12-23-19-36(31(34)29(23)27-17-35-21-37(27)18-22-13-10-9-11-14-22)20-28(38)24-15-25(32(2,3)4)30(39)26(16-24)33(5,6)7/h9-11,13-17,21,23,29,34,39H,8,12,18-20H2,1-7H3/t23-,29-/m0/s1. The molecule has 3 aromatic rings. The molecule has 4 rings (SSSR count). The molecule has 2 N–H and O–H groups in total. The fraction of sp³-hybridized carbons (Fsp3) is 0.485. The molecule has 1 aliphatic heterocycles. The lowest BCUT2D eigenvalue weighted by atomic mass is 9.78. The summed E-state index contributed by atoms with van der Waals surface area (Å²) >= 11 is 0. The van der Waals surface area contributed by atoms with Crippen molar-refractivity contribution in [3.05, 3.63) is 82.9 Å². The van der Waals surface area contributed by atoms with Gasteiger partial charge in [-0.05, 0) is 40.9 Å². The Morgan fingerprint density at radius 1 is 1.05 bits per heavy atom. The van der Waals surface area contributed by atoms with Crippen LogP contribution in [0, 0.1) is 11.3 Å². The first-order valence-corrected chi connectivity index (χ1v) is 14.1. The van der Waals surface area contributed by atoms with E-state index in [4.69, 9.17) is 0 Å². The largest absolute Gasteiger partial charge is 0.507 e. The van der Waals surface area contributed by atoms with Crippen molar-refractivity contribution in [3.63, 3.8) is 0 Å². The summed E-state index contributed by atoms with van der Waals surface area (Å²) in [6, 6.07) is 14.0. The Kier molecular flexibility index (Phi) is 8.06. The lowest BCUT2D eigenvalue weighted by molar-refractivity contribution is 0.0963. The highest BCUT2D eigenvalue weighted by Crippen LogP contribution is 2.41. The molecule has 0 bridgehead atoms. The summed E-state index contributed by atoms with van der Waals surface area (Å²) in [5.41, 5.74) is 3.76. The molecule has 1 aromatic heterocycles. The number of Topliss-reactive ketones (excluding diaryl/α,β-unsaturated/α-hetero) is 1. The zero-order valence-electron chi connectivity index (χ0n) is 24.6. The normalized spacial score (nSPS) is 18.1. The number of benzene rings is 2. The second kappa shape index (κ2) is 11.0. The Morgan fingerprint density at radius 3 is 2.23 bits per heavy atom. The summed E-state index contributed by atoms with van der Waals surface area (Å²) in [7, 11) is 0. The average Bonchev–Trinajstić information content (AvgIpc) is 3.42. The van der Waals surface area contributed by atoms with Crippen LogP contribution >= 0.6 is 0 Å². The van der Waals surface area contributed by atoms with Crippen LogP contribution in [-0.4, -0.2) is 44.3 Å². The van der Waals surface area contributed by atoms with Gasteiger partial charge in [0.05, 0.1) is 18.8 Å². The smallest absolute Gasteiger partial charge is 0.182 e. The maximum absolute atomic E-state index is 13.7. The lowest BCUT2D eigenvalue weighted by Crippen LogP contribution is -2.32. The number of hydrogen-bond donors (Lipinski definition) is 2. The number of aromatic nitrogens is 2. The van der Waals surface area contributed by atoms with Crippen LogP contribution in [-0.2, 0) is 17.4 Å². The van der Waals surface area contributed by atoms with Gasteiger partial charge in [0.25, 0.3) is 0 Å². The molecule has 0 radical (unpaired) electrons. The molecule has 6 nitrogen and oxygen atoms in total. The van der Waals surface area contributed by atoms with E-state index in [1.54, 1.807) is 0 Å². The van der Waals surface area contributed by atoms with Gasteiger partial charge in [0.2, 0.25) is 0 Å². The average molecular weight is 529 g/mol. The van der Waals surface area contributed by atoms with Crippen LogP contribution < -0.4 is 0 Å². The van der Waals surface area contributed by atoms with E-state index < -0.39 is 0 Å². The third kappa shape index (κ3) is 6.10. The monoisotopic (exact) mass is 528 g/mol. The number of ketones is 1. The molecule has 0 amide bonds. The second-order valence-electron chi connectivity index (χ2n) is 13.1. The van der Waals surface area contributed by atoms with Gasteiger partial charge in [0, 0.05) is 41.7 Å². The number of nitrogens with zero attached hydrogens (tertiary/aromatic N) is 3. The second-order valence-corrected chi connectivity index (χ2v) is 13.1. The minimum atomic E-state index is -0.310. The van der Waals surface area contributed by atoms with Gasteiger partial charge in [0.15, 0.2) is 5.78 Å². The number of likely N-dealkylation sites (tertiary alicyclic amines) is 1. The molecular formula is C33H44N4O2. The molecule has 208 valence electrons. The number of hydrogen-bond acceptors (Lipinski definition) is 4. The van der Waals surface area contributed by atoms with Crippen molar-refractivity contribution in [2.45, 2.75) is 84.6 Å². The highest BCUT2D eigenvalue weighted by atomic mass is 16.3. The maximum atomic E-state index is 13.7. The molecule has 2 heterocycles. The molecule has 0 aliphatic carbocycles. The first kappa shape index (κ1) is 28.6. The number of imidazole rings is 1. The van der Waals surface area contributed by atoms with Gasteiger partial charge in [-0.3, -0.25) is 10.2 Å². The number of amidine groups is 1. The number of phenolic OH excluding ortho intramolecular Hbond substituents is 1. The van der Waals surface area contributed by atoms with Gasteiger partial charge < -0.3 is 14.6 Å². The first-order chi connectivity index (χ1) is 18.3. The van der Waals surface area contributed by atoms with Crippen molar-refractivity contribution in [1.82, 2.24) is 14.5 Å². The number of nitrogens with one attached hydrogen (secondary N) is 1. The quantitative estimate of drug-likeness (QED) is 0.311. The van der Waals surface area contributed by atoms with Crippen LogP contribution in [0.3, 0.4) is 0 Å². The molecule has 6 heteroatoms. The van der Waals surface area contributed by atoms with Crippen molar-refractivity contribution < 1.29 is 9.90 Å². The van der Waals surface area contributed by atoms with Crippen LogP contribution in [0.1, 0.15) is 100.0 Å². The molecule has 0 spiro atoms. The SMILES string of the molecule is CCC[C@H]1CN(CC(=O)c2cc(C(C)(C)C)c(O)c(C(C)(C)C)c2)C(=N)[C@@H]1c1cncn1Cc1ccccc1. The van der Waals surface area contributed by atoms with E-state index in [1.807, 2.05) is 47.8 Å². The minimum absolute atomic E-state index is 0.0237. The number of phenols is 1. The van der Waals surface area contributed by atoms with Crippen molar-refractivity contribution in [1.29, 1.82) is 5.41 Å². The topological polar surface area (TPSA) is 82.2 Å². The van der Waals surface area contributed by atoms with E-state index >= 15 is 0 Å². The molecule has 2 aromatic carbocycles. The van der Waals surface area contributed by atoms with Crippen LogP contribution in [0.5, 0.6) is 5.75 Å². The summed E-state index contributed by atoms with van der Waals surface area (Å²) in [4.78, 5) is 20.2. The van der Waals surface area contributed by atoms with Crippen molar-refractivity contribution in [3.8, 4) is 5.75 Å².